The summed E-state index contributed by atoms with van der Waals surface area (Å²) in [5.74, 6) is 5.92. The van der Waals surface area contributed by atoms with E-state index >= 15 is 0 Å². The molecule has 6 heteroatoms. The van der Waals surface area contributed by atoms with Gasteiger partial charge in [0.25, 0.3) is 0 Å². The monoisotopic (exact) mass is 317 g/mol. The molecule has 0 radical (unpaired) electrons. The molecule has 1 rings (SSSR count). The number of carbonyl (C=O) groups is 1. The zero-order chi connectivity index (χ0) is 12.5. The highest BCUT2D eigenvalue weighted by molar-refractivity contribution is 9.10. The van der Waals surface area contributed by atoms with Gasteiger partial charge in [-0.2, -0.15) is 0 Å². The minimum Gasteiger partial charge on any atom is -0.294 e. The van der Waals surface area contributed by atoms with Crippen molar-refractivity contribution in [3.05, 3.63) is 22.8 Å². The predicted octanol–water partition coefficient (Wildman–Crippen LogP) is 2.49. The molecule has 0 bridgehead atoms. The fraction of sp³-hybridized carbons (Fsp3) is 0.455. The number of aromatic nitrogens is 1. The van der Waals surface area contributed by atoms with Crippen molar-refractivity contribution in [3.63, 3.8) is 0 Å². The molecular formula is C11H16BrN3OS. The van der Waals surface area contributed by atoms with Gasteiger partial charge in [-0.05, 0) is 46.7 Å². The third-order valence-corrected chi connectivity index (χ3v) is 3.66. The van der Waals surface area contributed by atoms with E-state index in [0.717, 1.165) is 34.5 Å². The number of rotatable bonds is 7. The fourth-order valence-electron chi connectivity index (χ4n) is 1.26. The molecule has 0 unspecified atom stereocenters. The van der Waals surface area contributed by atoms with E-state index in [4.69, 9.17) is 5.84 Å². The average Bonchev–Trinajstić information content (AvgIpc) is 2.35. The number of nitrogens with zero attached hydrogens (tertiary/aromatic N) is 1. The molecule has 0 aromatic carbocycles. The normalized spacial score (nSPS) is 10.2. The zero-order valence-corrected chi connectivity index (χ0v) is 11.9. The molecule has 0 aliphatic rings. The van der Waals surface area contributed by atoms with Crippen molar-refractivity contribution in [2.75, 3.05) is 5.75 Å². The van der Waals surface area contributed by atoms with Crippen LogP contribution in [0.4, 0.5) is 0 Å². The molecule has 0 aliphatic carbocycles. The van der Waals surface area contributed by atoms with Crippen molar-refractivity contribution in [1.82, 2.24) is 10.4 Å². The Balaban J connectivity index is 2.04. The van der Waals surface area contributed by atoms with Crippen LogP contribution >= 0.6 is 27.7 Å². The number of amides is 1. The third kappa shape index (κ3) is 6.65. The number of nitrogens with one attached hydrogen (secondary N) is 1. The van der Waals surface area contributed by atoms with Gasteiger partial charge in [-0.3, -0.25) is 10.2 Å². The second kappa shape index (κ2) is 8.49. The van der Waals surface area contributed by atoms with Crippen LogP contribution < -0.4 is 11.3 Å². The zero-order valence-electron chi connectivity index (χ0n) is 9.49. The lowest BCUT2D eigenvalue weighted by molar-refractivity contribution is -0.121. The van der Waals surface area contributed by atoms with Crippen LogP contribution in [0.1, 0.15) is 25.7 Å². The van der Waals surface area contributed by atoms with E-state index in [1.165, 1.54) is 0 Å². The maximum atomic E-state index is 10.8. The first-order valence-corrected chi connectivity index (χ1v) is 7.24. The molecule has 0 saturated carbocycles. The van der Waals surface area contributed by atoms with E-state index in [0.29, 0.717) is 6.42 Å². The van der Waals surface area contributed by atoms with Gasteiger partial charge in [0.2, 0.25) is 5.91 Å². The van der Waals surface area contributed by atoms with Crippen molar-refractivity contribution in [2.45, 2.75) is 30.7 Å². The van der Waals surface area contributed by atoms with Crippen molar-refractivity contribution in [2.24, 2.45) is 5.84 Å². The van der Waals surface area contributed by atoms with Crippen molar-refractivity contribution in [1.29, 1.82) is 0 Å². The van der Waals surface area contributed by atoms with Crippen LogP contribution in [0, 0.1) is 0 Å². The summed E-state index contributed by atoms with van der Waals surface area (Å²) in [5.41, 5.74) is 2.13. The third-order valence-electron chi connectivity index (χ3n) is 2.16. The molecule has 17 heavy (non-hydrogen) atoms. The summed E-state index contributed by atoms with van der Waals surface area (Å²) in [6, 6.07) is 3.98. The maximum Gasteiger partial charge on any atom is 0.233 e. The maximum absolute atomic E-state index is 10.8. The molecule has 0 saturated heterocycles. The molecule has 0 atom stereocenters. The number of nitrogens with two attached hydrogens (primary N) is 1. The van der Waals surface area contributed by atoms with Crippen molar-refractivity contribution >= 4 is 33.6 Å². The van der Waals surface area contributed by atoms with Gasteiger partial charge in [-0.25, -0.2) is 10.8 Å². The quantitative estimate of drug-likeness (QED) is 0.266. The topological polar surface area (TPSA) is 68.0 Å². The van der Waals surface area contributed by atoms with Crippen LogP contribution in [0.5, 0.6) is 0 Å². The highest BCUT2D eigenvalue weighted by atomic mass is 79.9. The van der Waals surface area contributed by atoms with Gasteiger partial charge in [0.15, 0.2) is 0 Å². The Morgan fingerprint density at radius 2 is 2.24 bits per heavy atom. The number of carbonyl (C=O) groups excluding carboxylic acids is 1. The van der Waals surface area contributed by atoms with Crippen LogP contribution in [0.15, 0.2) is 27.8 Å². The summed E-state index contributed by atoms with van der Waals surface area (Å²) in [6.07, 6.45) is 5.32. The van der Waals surface area contributed by atoms with Crippen LogP contribution in [-0.4, -0.2) is 16.6 Å². The summed E-state index contributed by atoms with van der Waals surface area (Å²) < 4.78 is 0.995. The highest BCUT2D eigenvalue weighted by Crippen LogP contribution is 2.19. The Bertz CT molecular complexity index is 345. The molecule has 1 heterocycles. The first kappa shape index (κ1) is 14.5. The second-order valence-electron chi connectivity index (χ2n) is 3.54. The van der Waals surface area contributed by atoms with Crippen molar-refractivity contribution < 1.29 is 4.79 Å². The van der Waals surface area contributed by atoms with Gasteiger partial charge < -0.3 is 0 Å². The summed E-state index contributed by atoms with van der Waals surface area (Å²) in [6.45, 7) is 0. The number of unbranched alkanes of at least 4 members (excludes halogenated alkanes) is 2. The molecule has 0 aliphatic heterocycles. The van der Waals surface area contributed by atoms with Crippen LogP contribution in [0.25, 0.3) is 0 Å². The van der Waals surface area contributed by atoms with E-state index in [2.05, 4.69) is 26.3 Å². The Labute approximate surface area is 114 Å². The van der Waals surface area contributed by atoms with E-state index in [1.807, 2.05) is 12.1 Å². The Morgan fingerprint density at radius 1 is 1.41 bits per heavy atom. The SMILES string of the molecule is NNC(=O)CCCCCSc1ccc(Br)cn1. The molecule has 1 aromatic rings. The Morgan fingerprint density at radius 3 is 2.88 bits per heavy atom. The molecule has 3 N–H and O–H groups in total. The minimum atomic E-state index is -0.0905. The van der Waals surface area contributed by atoms with Crippen molar-refractivity contribution in [3.8, 4) is 0 Å². The number of pyridine rings is 1. The smallest absolute Gasteiger partial charge is 0.233 e. The average molecular weight is 318 g/mol. The molecule has 1 aromatic heterocycles. The predicted molar refractivity (Wildman–Crippen MR) is 73.5 cm³/mol. The lowest BCUT2D eigenvalue weighted by Crippen LogP contribution is -2.29. The summed E-state index contributed by atoms with van der Waals surface area (Å²) in [4.78, 5) is 15.1. The number of thioether (sulfide) groups is 1. The Kier molecular flexibility index (Phi) is 7.23. The summed E-state index contributed by atoms with van der Waals surface area (Å²) in [5, 5.41) is 1.04. The largest absolute Gasteiger partial charge is 0.294 e. The molecule has 0 fully saturated rings. The molecule has 4 nitrogen and oxygen atoms in total. The summed E-state index contributed by atoms with van der Waals surface area (Å²) >= 11 is 5.08. The molecule has 0 spiro atoms. The van der Waals surface area contributed by atoms with E-state index in [1.54, 1.807) is 18.0 Å². The number of halogens is 1. The first-order chi connectivity index (χ1) is 8.22. The van der Waals surface area contributed by atoms with E-state index < -0.39 is 0 Å². The minimum absolute atomic E-state index is 0.0905. The number of hydrogen-bond acceptors (Lipinski definition) is 4. The highest BCUT2D eigenvalue weighted by Gasteiger charge is 1.99. The lowest BCUT2D eigenvalue weighted by atomic mass is 10.2. The van der Waals surface area contributed by atoms with Crippen LogP contribution in [0.2, 0.25) is 0 Å². The van der Waals surface area contributed by atoms with Gasteiger partial charge in [0.05, 0.1) is 5.03 Å². The van der Waals surface area contributed by atoms with Crippen LogP contribution in [-0.2, 0) is 4.79 Å². The first-order valence-electron chi connectivity index (χ1n) is 5.46. The lowest BCUT2D eigenvalue weighted by Gasteiger charge is -2.01. The van der Waals surface area contributed by atoms with Gasteiger partial charge >= 0.3 is 0 Å². The molecule has 94 valence electrons. The standard InChI is InChI=1S/C11H16BrN3OS/c12-9-5-6-11(14-8-9)17-7-3-1-2-4-10(16)15-13/h5-6,8H,1-4,7,13H2,(H,15,16). The molecular weight excluding hydrogens is 302 g/mol. The van der Waals surface area contributed by atoms with E-state index in [9.17, 15) is 4.79 Å². The van der Waals surface area contributed by atoms with Gasteiger partial charge in [-0.1, -0.05) is 6.42 Å². The van der Waals surface area contributed by atoms with Gasteiger partial charge in [-0.15, -0.1) is 11.8 Å². The van der Waals surface area contributed by atoms with E-state index in [-0.39, 0.29) is 5.91 Å². The van der Waals surface area contributed by atoms with Gasteiger partial charge in [0, 0.05) is 17.1 Å². The van der Waals surface area contributed by atoms with Crippen LogP contribution in [0.3, 0.4) is 0 Å². The van der Waals surface area contributed by atoms with Gasteiger partial charge in [0.1, 0.15) is 0 Å². The summed E-state index contributed by atoms with van der Waals surface area (Å²) in [7, 11) is 0. The fourth-order valence-corrected chi connectivity index (χ4v) is 2.34. The molecule has 1 amide bonds. The number of hydrogen-bond donors (Lipinski definition) is 2. The Hall–Kier alpha value is -0.590. The number of hydrazine groups is 1. The second-order valence-corrected chi connectivity index (χ2v) is 5.57.